The van der Waals surface area contributed by atoms with Crippen LogP contribution in [-0.4, -0.2) is 46.1 Å². The molecule has 1 N–H and O–H groups in total. The average Bonchev–Trinajstić information content (AvgIpc) is 2.99. The van der Waals surface area contributed by atoms with E-state index >= 15 is 0 Å². The maximum absolute atomic E-state index is 4.39. The fourth-order valence-corrected chi connectivity index (χ4v) is 3.38. The summed E-state index contributed by atoms with van der Waals surface area (Å²) in [6.45, 7) is 2.93. The van der Waals surface area contributed by atoms with Crippen molar-refractivity contribution in [3.05, 3.63) is 11.4 Å². The van der Waals surface area contributed by atoms with Crippen LogP contribution >= 0.6 is 0 Å². The standard InChI is InChI=1S/C13H23N5/c1-17(2)13(6-3-4-7-13)10-18-12-5-8-14-9-11(12)15-16-18/h14H,3-10H2,1-2H3. The SMILES string of the molecule is CN(C)C1(Cn2nnc3c2CCNC3)CCCC1. The van der Waals surface area contributed by atoms with Crippen LogP contribution in [0.2, 0.25) is 0 Å². The van der Waals surface area contributed by atoms with Gasteiger partial charge in [0, 0.05) is 25.0 Å². The molecule has 3 rings (SSSR count). The second kappa shape index (κ2) is 4.63. The third-order valence-corrected chi connectivity index (χ3v) is 4.68. The Kier molecular flexibility index (Phi) is 3.11. The molecule has 1 aromatic rings. The zero-order valence-electron chi connectivity index (χ0n) is 11.4. The van der Waals surface area contributed by atoms with Gasteiger partial charge in [0.05, 0.1) is 17.9 Å². The molecular formula is C13H23N5. The molecule has 0 radical (unpaired) electrons. The van der Waals surface area contributed by atoms with Gasteiger partial charge in [0.15, 0.2) is 0 Å². The summed E-state index contributed by atoms with van der Waals surface area (Å²) in [4.78, 5) is 2.40. The highest BCUT2D eigenvalue weighted by Gasteiger charge is 2.37. The monoisotopic (exact) mass is 249 g/mol. The van der Waals surface area contributed by atoms with Crippen LogP contribution < -0.4 is 5.32 Å². The van der Waals surface area contributed by atoms with Gasteiger partial charge in [-0.3, -0.25) is 0 Å². The summed E-state index contributed by atoms with van der Waals surface area (Å²) in [6, 6.07) is 0. The highest BCUT2D eigenvalue weighted by atomic mass is 15.4. The van der Waals surface area contributed by atoms with Crippen LogP contribution in [0.5, 0.6) is 0 Å². The highest BCUT2D eigenvalue weighted by molar-refractivity contribution is 5.14. The molecule has 0 bridgehead atoms. The fourth-order valence-electron chi connectivity index (χ4n) is 3.38. The lowest BCUT2D eigenvalue weighted by Crippen LogP contribution is -2.46. The van der Waals surface area contributed by atoms with E-state index in [1.54, 1.807) is 0 Å². The summed E-state index contributed by atoms with van der Waals surface area (Å²) < 4.78 is 2.17. The van der Waals surface area contributed by atoms with Crippen LogP contribution in [0.25, 0.3) is 0 Å². The van der Waals surface area contributed by atoms with Crippen LogP contribution in [0.15, 0.2) is 0 Å². The highest BCUT2D eigenvalue weighted by Crippen LogP contribution is 2.35. The molecular weight excluding hydrogens is 226 g/mol. The van der Waals surface area contributed by atoms with Crippen molar-refractivity contribution in [3.63, 3.8) is 0 Å². The lowest BCUT2D eigenvalue weighted by molar-refractivity contribution is 0.126. The molecule has 1 aromatic heterocycles. The Balaban J connectivity index is 1.85. The van der Waals surface area contributed by atoms with Gasteiger partial charge in [-0.05, 0) is 26.9 Å². The molecule has 1 saturated carbocycles. The summed E-state index contributed by atoms with van der Waals surface area (Å²) in [5.74, 6) is 0. The molecule has 0 unspecified atom stereocenters. The molecule has 5 nitrogen and oxygen atoms in total. The van der Waals surface area contributed by atoms with Crippen LogP contribution in [0.4, 0.5) is 0 Å². The first-order valence-corrected chi connectivity index (χ1v) is 7.01. The van der Waals surface area contributed by atoms with E-state index in [-0.39, 0.29) is 0 Å². The smallest absolute Gasteiger partial charge is 0.0997 e. The van der Waals surface area contributed by atoms with Crippen molar-refractivity contribution in [3.8, 4) is 0 Å². The van der Waals surface area contributed by atoms with Gasteiger partial charge in [0.25, 0.3) is 0 Å². The number of likely N-dealkylation sites (N-methyl/N-ethyl adjacent to an activating group) is 1. The second-order valence-corrected chi connectivity index (χ2v) is 5.89. The zero-order chi connectivity index (χ0) is 12.6. The quantitative estimate of drug-likeness (QED) is 0.860. The van der Waals surface area contributed by atoms with Crippen molar-refractivity contribution in [1.29, 1.82) is 0 Å². The lowest BCUT2D eigenvalue weighted by Gasteiger charge is -2.36. The third kappa shape index (κ3) is 1.95. The summed E-state index contributed by atoms with van der Waals surface area (Å²) in [5, 5.41) is 12.1. The summed E-state index contributed by atoms with van der Waals surface area (Å²) in [7, 11) is 4.41. The maximum Gasteiger partial charge on any atom is 0.0997 e. The van der Waals surface area contributed by atoms with Crippen molar-refractivity contribution >= 4 is 0 Å². The summed E-state index contributed by atoms with van der Waals surface area (Å²) in [6.07, 6.45) is 6.32. The molecule has 100 valence electrons. The van der Waals surface area contributed by atoms with Crippen LogP contribution in [0, 0.1) is 0 Å². The van der Waals surface area contributed by atoms with E-state index in [2.05, 4.69) is 39.3 Å². The molecule has 1 fully saturated rings. The van der Waals surface area contributed by atoms with E-state index in [4.69, 9.17) is 0 Å². The molecule has 1 aliphatic heterocycles. The van der Waals surface area contributed by atoms with Gasteiger partial charge in [0.1, 0.15) is 0 Å². The van der Waals surface area contributed by atoms with E-state index in [1.165, 1.54) is 31.4 Å². The molecule has 5 heteroatoms. The van der Waals surface area contributed by atoms with Crippen molar-refractivity contribution < 1.29 is 0 Å². The number of hydrogen-bond donors (Lipinski definition) is 1. The molecule has 0 amide bonds. The maximum atomic E-state index is 4.39. The second-order valence-electron chi connectivity index (χ2n) is 5.89. The van der Waals surface area contributed by atoms with Gasteiger partial charge in [-0.2, -0.15) is 0 Å². The van der Waals surface area contributed by atoms with Crippen molar-refractivity contribution in [2.75, 3.05) is 20.6 Å². The topological polar surface area (TPSA) is 46.0 Å². The predicted molar refractivity (Wildman–Crippen MR) is 70.3 cm³/mol. The summed E-state index contributed by atoms with van der Waals surface area (Å²) in [5.41, 5.74) is 2.79. The molecule has 0 saturated heterocycles. The Morgan fingerprint density at radius 3 is 2.83 bits per heavy atom. The predicted octanol–water partition coefficient (Wildman–Crippen LogP) is 0.798. The lowest BCUT2D eigenvalue weighted by atomic mass is 9.96. The molecule has 0 atom stereocenters. The fraction of sp³-hybridized carbons (Fsp3) is 0.846. The van der Waals surface area contributed by atoms with E-state index in [9.17, 15) is 0 Å². The van der Waals surface area contributed by atoms with Crippen molar-refractivity contribution in [1.82, 2.24) is 25.2 Å². The van der Waals surface area contributed by atoms with Crippen LogP contribution in [-0.2, 0) is 19.5 Å². The summed E-state index contributed by atoms with van der Waals surface area (Å²) >= 11 is 0. The first kappa shape index (κ1) is 12.1. The minimum absolute atomic E-state index is 0.298. The van der Waals surface area contributed by atoms with Gasteiger partial charge >= 0.3 is 0 Å². The number of hydrogen-bond acceptors (Lipinski definition) is 4. The average molecular weight is 249 g/mol. The Bertz CT molecular complexity index is 417. The van der Waals surface area contributed by atoms with Gasteiger partial charge in [-0.15, -0.1) is 5.10 Å². The Morgan fingerprint density at radius 2 is 2.11 bits per heavy atom. The number of nitrogens with one attached hydrogen (secondary N) is 1. The van der Waals surface area contributed by atoms with E-state index in [1.807, 2.05) is 0 Å². The molecule has 2 aliphatic rings. The number of fused-ring (bicyclic) bond motifs is 1. The molecule has 0 aromatic carbocycles. The van der Waals surface area contributed by atoms with E-state index in [0.717, 1.165) is 31.7 Å². The molecule has 1 aliphatic carbocycles. The molecule has 18 heavy (non-hydrogen) atoms. The third-order valence-electron chi connectivity index (χ3n) is 4.68. The number of nitrogens with zero attached hydrogens (tertiary/aromatic N) is 4. The van der Waals surface area contributed by atoms with Gasteiger partial charge < -0.3 is 10.2 Å². The normalized spacial score (nSPS) is 22.4. The molecule has 2 heterocycles. The zero-order valence-corrected chi connectivity index (χ0v) is 11.4. The number of rotatable bonds is 3. The first-order valence-electron chi connectivity index (χ1n) is 7.01. The van der Waals surface area contributed by atoms with Crippen LogP contribution in [0.1, 0.15) is 37.1 Å². The largest absolute Gasteiger partial charge is 0.311 e. The molecule has 0 spiro atoms. The minimum Gasteiger partial charge on any atom is -0.311 e. The first-order chi connectivity index (χ1) is 8.71. The minimum atomic E-state index is 0.298. The van der Waals surface area contributed by atoms with Crippen molar-refractivity contribution in [2.45, 2.75) is 50.7 Å². The van der Waals surface area contributed by atoms with Gasteiger partial charge in [-0.25, -0.2) is 4.68 Å². The number of aromatic nitrogens is 3. The van der Waals surface area contributed by atoms with E-state index < -0.39 is 0 Å². The Hall–Kier alpha value is -0.940. The van der Waals surface area contributed by atoms with Crippen LogP contribution in [0.3, 0.4) is 0 Å². The van der Waals surface area contributed by atoms with Gasteiger partial charge in [0.2, 0.25) is 0 Å². The Morgan fingerprint density at radius 1 is 1.33 bits per heavy atom. The van der Waals surface area contributed by atoms with Crippen molar-refractivity contribution in [2.24, 2.45) is 0 Å². The van der Waals surface area contributed by atoms with Gasteiger partial charge in [-0.1, -0.05) is 18.1 Å². The Labute approximate surface area is 109 Å². The van der Waals surface area contributed by atoms with E-state index in [0.29, 0.717) is 5.54 Å².